The fraction of sp³-hybridized carbons (Fsp3) is 0.0323. The Balaban J connectivity index is 0.000000134. The Hall–Kier alpha value is -10.8. The van der Waals surface area contributed by atoms with E-state index in [4.69, 9.17) is 5.26 Å². The average molecular weight is 1550 g/mol. The second kappa shape index (κ2) is 40.4. The molecule has 0 radical (unpaired) electrons. The number of fused-ring (bicyclic) bond motifs is 1. The van der Waals surface area contributed by atoms with E-state index in [1.165, 1.54) is 69.7 Å². The zero-order chi connectivity index (χ0) is 72.0. The van der Waals surface area contributed by atoms with E-state index in [-0.39, 0.29) is 26.2 Å². The van der Waals surface area contributed by atoms with Crippen molar-refractivity contribution in [2.75, 3.05) is 0 Å². The van der Waals surface area contributed by atoms with Crippen LogP contribution in [0, 0.1) is 18.3 Å². The van der Waals surface area contributed by atoms with E-state index in [1.54, 1.807) is 42.7 Å². The minimum absolute atomic E-state index is 0. The third kappa shape index (κ3) is 21.2. The average Bonchev–Trinajstić information content (AvgIpc) is 1.62. The molecule has 0 unspecified atom stereocenters. The van der Waals surface area contributed by atoms with Gasteiger partial charge in [-0.3, -0.25) is 9.38 Å². The Labute approximate surface area is 639 Å². The van der Waals surface area contributed by atoms with Crippen LogP contribution < -0.4 is 68.4 Å². The smallest absolute Gasteiger partial charge is 0.387 e. The van der Waals surface area contributed by atoms with E-state index in [0.717, 1.165) is 17.0 Å². The van der Waals surface area contributed by atoms with Crippen molar-refractivity contribution in [1.29, 1.82) is 5.26 Å². The predicted molar refractivity (Wildman–Crippen MR) is 442 cm³/mol. The molecule has 0 aliphatic carbocycles. The fourth-order valence-corrected chi connectivity index (χ4v) is 21.1. The van der Waals surface area contributed by atoms with Crippen LogP contribution in [0.4, 0.5) is 8.78 Å². The molecule has 522 valence electrons. The maximum atomic E-state index is 12.7. The van der Waals surface area contributed by atoms with Gasteiger partial charge in [0.25, 0.3) is 0 Å². The number of halogens is 2. The molecule has 6 nitrogen and oxygen atoms in total. The van der Waals surface area contributed by atoms with Crippen molar-refractivity contribution in [3.63, 3.8) is 0 Å². The molecule has 13 heteroatoms. The van der Waals surface area contributed by atoms with Gasteiger partial charge in [0.2, 0.25) is 0 Å². The van der Waals surface area contributed by atoms with Crippen molar-refractivity contribution >= 4 is 101 Å². The van der Waals surface area contributed by atoms with E-state index in [1.807, 2.05) is 23.6 Å². The standard InChI is InChI=1S/C21H15F2N5O.4C18H15P.Pd/c1-13-18(8-14-4-2-3-5-19(14)29-21(22)23)28-12-17(26-11-20(28)27-13)15-6-7-16(9-24)25-10-15;4*1-4-10-16(11-5-1)19(17-12-6-2-7-13-17)18-14-8-3-9-15-18;/h2-7,10-12,21H,8H2,1H3;4*1-15H;. The summed E-state index contributed by atoms with van der Waals surface area (Å²) >= 11 is 0. The summed E-state index contributed by atoms with van der Waals surface area (Å²) in [4.78, 5) is 13.0. The quantitative estimate of drug-likeness (QED) is 0.0671. The molecular formula is C93H75F2N5OP4Pd. The van der Waals surface area contributed by atoms with Gasteiger partial charge >= 0.3 is 6.61 Å². The maximum absolute atomic E-state index is 12.7. The first-order chi connectivity index (χ1) is 51.8. The number of alkyl halides is 2. The number of aromatic nitrogens is 4. The van der Waals surface area contributed by atoms with Gasteiger partial charge in [0, 0.05) is 50.4 Å². The number of imidazole rings is 1. The number of aryl methyl sites for hydroxylation is 1. The maximum Gasteiger partial charge on any atom is 0.387 e. The Morgan fingerprint density at radius 1 is 0.349 bits per heavy atom. The third-order valence-electron chi connectivity index (χ3n) is 16.7. The van der Waals surface area contributed by atoms with Crippen LogP contribution in [0.5, 0.6) is 5.75 Å². The second-order valence-corrected chi connectivity index (χ2v) is 32.6. The summed E-state index contributed by atoms with van der Waals surface area (Å²) in [5, 5.41) is 25.7. The van der Waals surface area contributed by atoms with Crippen LogP contribution >= 0.6 is 31.7 Å². The zero-order valence-corrected chi connectivity index (χ0v) is 63.3. The molecule has 0 fully saturated rings. The molecule has 13 aromatic carbocycles. The van der Waals surface area contributed by atoms with Crippen LogP contribution in [0.25, 0.3) is 16.9 Å². The molecule has 3 aromatic heterocycles. The minimum atomic E-state index is -2.89. The number of benzene rings is 13. The normalized spacial score (nSPS) is 10.6. The van der Waals surface area contributed by atoms with Crippen molar-refractivity contribution in [3.05, 3.63) is 442 Å². The Morgan fingerprint density at radius 2 is 0.613 bits per heavy atom. The summed E-state index contributed by atoms with van der Waals surface area (Å²) < 4.78 is 32.0. The van der Waals surface area contributed by atoms with Crippen molar-refractivity contribution in [2.24, 2.45) is 0 Å². The molecule has 16 rings (SSSR count). The van der Waals surface area contributed by atoms with Gasteiger partial charge in [-0.15, -0.1) is 0 Å². The van der Waals surface area contributed by atoms with E-state index in [9.17, 15) is 8.78 Å². The first-order valence-corrected chi connectivity index (χ1v) is 39.8. The van der Waals surface area contributed by atoms with Gasteiger partial charge in [0.1, 0.15) is 17.5 Å². The van der Waals surface area contributed by atoms with E-state index < -0.39 is 38.3 Å². The number of hydrogen-bond donors (Lipinski definition) is 0. The molecule has 3 heterocycles. The topological polar surface area (TPSA) is 76.1 Å². The van der Waals surface area contributed by atoms with Gasteiger partial charge in [-0.2, -0.15) is 14.0 Å². The fourth-order valence-electron chi connectivity index (χ4n) is 11.8. The molecule has 0 bridgehead atoms. The molecule has 0 spiro atoms. The SMILES string of the molecule is Cc1nc2cnc(-c3ccc(C#N)nc3)cn2c1Cc1ccccc1OC(F)F.[Pd].c1ccc(P(c2ccccc2)c2ccccc2)cc1.c1ccc(P(c2ccccc2)c2ccccc2)cc1.c1ccc(P(c2ccccc2)c2ccccc2)cc1.c1ccc(P(c2ccccc2)c2ccccc2)cc1. The molecule has 0 aliphatic rings. The summed E-state index contributed by atoms with van der Waals surface area (Å²) in [5.74, 6) is 0.141. The monoisotopic (exact) mass is 1550 g/mol. The summed E-state index contributed by atoms with van der Waals surface area (Å²) in [6, 6.07) is 141. The number of para-hydroxylation sites is 1. The molecular weight excluding hydrogens is 1470 g/mol. The van der Waals surface area contributed by atoms with Crippen molar-refractivity contribution < 1.29 is 33.9 Å². The van der Waals surface area contributed by atoms with Gasteiger partial charge in [0.05, 0.1) is 23.3 Å². The van der Waals surface area contributed by atoms with Gasteiger partial charge in [-0.25, -0.2) is 9.97 Å². The number of rotatable bonds is 17. The van der Waals surface area contributed by atoms with Crippen LogP contribution in [0.15, 0.2) is 419 Å². The van der Waals surface area contributed by atoms with Crippen LogP contribution in [-0.2, 0) is 26.8 Å². The molecule has 0 aliphatic heterocycles. The first kappa shape index (κ1) is 76.3. The zero-order valence-electron chi connectivity index (χ0n) is 58.1. The summed E-state index contributed by atoms with van der Waals surface area (Å²) in [7, 11) is -1.78. The molecule has 0 saturated heterocycles. The van der Waals surface area contributed by atoms with Crippen LogP contribution in [0.3, 0.4) is 0 Å². The second-order valence-electron chi connectivity index (χ2n) is 23.7. The van der Waals surface area contributed by atoms with Crippen molar-refractivity contribution in [2.45, 2.75) is 20.0 Å². The largest absolute Gasteiger partial charge is 0.435 e. The van der Waals surface area contributed by atoms with Gasteiger partial charge in [-0.05, 0) is 120 Å². The van der Waals surface area contributed by atoms with E-state index in [0.29, 0.717) is 29.0 Å². The molecule has 106 heavy (non-hydrogen) atoms. The summed E-state index contributed by atoms with van der Waals surface area (Å²) in [6.45, 7) is -1.03. The van der Waals surface area contributed by atoms with Gasteiger partial charge < -0.3 is 4.74 Å². The van der Waals surface area contributed by atoms with Crippen molar-refractivity contribution in [1.82, 2.24) is 19.4 Å². The van der Waals surface area contributed by atoms with Gasteiger partial charge in [-0.1, -0.05) is 382 Å². The Bertz CT molecular complexity index is 4390. The van der Waals surface area contributed by atoms with E-state index in [2.05, 4.69) is 384 Å². The van der Waals surface area contributed by atoms with Crippen LogP contribution in [-0.4, -0.2) is 26.0 Å². The Kier molecular flexibility index (Phi) is 29.1. The number of nitriles is 1. The number of nitrogens with zero attached hydrogens (tertiary/aromatic N) is 5. The summed E-state index contributed by atoms with van der Waals surface area (Å²) in [6.07, 6.45) is 5.42. The minimum Gasteiger partial charge on any atom is -0.435 e. The predicted octanol–water partition coefficient (Wildman–Crippen LogP) is 17.9. The van der Waals surface area contributed by atoms with Crippen molar-refractivity contribution in [3.8, 4) is 23.1 Å². The van der Waals surface area contributed by atoms with Crippen LogP contribution in [0.1, 0.15) is 22.6 Å². The molecule has 0 N–H and O–H groups in total. The first-order valence-electron chi connectivity index (χ1n) is 34.4. The summed E-state index contributed by atoms with van der Waals surface area (Å²) in [5.41, 5.74) is 4.63. The molecule has 16 aromatic rings. The number of ether oxygens (including phenoxy) is 1. The van der Waals surface area contributed by atoms with Gasteiger partial charge in [0.15, 0.2) is 5.65 Å². The Morgan fingerprint density at radius 3 is 0.858 bits per heavy atom. The molecule has 0 amide bonds. The van der Waals surface area contributed by atoms with Crippen LogP contribution in [0.2, 0.25) is 0 Å². The number of hydrogen-bond acceptors (Lipinski definition) is 5. The molecule has 0 atom stereocenters. The molecule has 0 saturated carbocycles. The van der Waals surface area contributed by atoms with E-state index >= 15 is 0 Å². The third-order valence-corrected chi connectivity index (χ3v) is 26.5. The number of pyridine rings is 1.